The van der Waals surface area contributed by atoms with Crippen LogP contribution in [0.3, 0.4) is 0 Å². The molecule has 5 nitrogen and oxygen atoms in total. The third-order valence-corrected chi connectivity index (χ3v) is 3.18. The number of aromatic nitrogens is 1. The smallest absolute Gasteiger partial charge is 0.254 e. The zero-order valence-electron chi connectivity index (χ0n) is 9.99. The Kier molecular flexibility index (Phi) is 4.38. The summed E-state index contributed by atoms with van der Waals surface area (Å²) in [6, 6.07) is 1.52. The fourth-order valence-electron chi connectivity index (χ4n) is 1.94. The predicted molar refractivity (Wildman–Crippen MR) is 69.6 cm³/mol. The number of pyridine rings is 1. The quantitative estimate of drug-likeness (QED) is 0.814. The van der Waals surface area contributed by atoms with E-state index < -0.39 is 0 Å². The molecule has 0 saturated carbocycles. The molecule has 2 rings (SSSR count). The number of nitrogen functional groups attached to an aromatic ring is 1. The molecule has 1 aliphatic heterocycles. The molecule has 0 bridgehead atoms. The Morgan fingerprint density at radius 1 is 1.67 bits per heavy atom. The first-order valence-corrected chi connectivity index (χ1v) is 6.35. The van der Waals surface area contributed by atoms with Gasteiger partial charge in [0.1, 0.15) is 5.15 Å². The number of hydrogen-bond acceptors (Lipinski definition) is 4. The van der Waals surface area contributed by atoms with Crippen LogP contribution >= 0.6 is 11.6 Å². The molecular formula is C12H16ClN3O2. The molecular weight excluding hydrogens is 254 g/mol. The second-order valence-electron chi connectivity index (χ2n) is 4.29. The number of anilines is 1. The number of carbonyl (C=O) groups excluding carboxylic acids is 1. The van der Waals surface area contributed by atoms with Crippen LogP contribution in [0.2, 0.25) is 5.15 Å². The van der Waals surface area contributed by atoms with Gasteiger partial charge in [0.2, 0.25) is 0 Å². The van der Waals surface area contributed by atoms with Crippen LogP contribution in [-0.2, 0) is 4.74 Å². The van der Waals surface area contributed by atoms with Gasteiger partial charge in [-0.2, -0.15) is 0 Å². The van der Waals surface area contributed by atoms with Gasteiger partial charge in [-0.25, -0.2) is 4.98 Å². The normalized spacial score (nSPS) is 18.8. The van der Waals surface area contributed by atoms with Crippen molar-refractivity contribution >= 4 is 23.2 Å². The van der Waals surface area contributed by atoms with Crippen molar-refractivity contribution in [2.45, 2.75) is 25.4 Å². The molecule has 1 amide bonds. The second-order valence-corrected chi connectivity index (χ2v) is 4.64. The molecule has 3 N–H and O–H groups in total. The van der Waals surface area contributed by atoms with E-state index in [2.05, 4.69) is 10.3 Å². The number of rotatable bonds is 4. The number of hydrogen-bond donors (Lipinski definition) is 2. The Balaban J connectivity index is 1.85. The maximum Gasteiger partial charge on any atom is 0.254 e. The summed E-state index contributed by atoms with van der Waals surface area (Å²) in [6.45, 7) is 1.39. The highest BCUT2D eigenvalue weighted by Gasteiger charge is 2.16. The standard InChI is InChI=1S/C12H16ClN3O2/c13-11-10(6-8(14)7-16-11)12(17)15-4-3-9-2-1-5-18-9/h6-7,9H,1-5,14H2,(H,15,17). The van der Waals surface area contributed by atoms with Crippen LogP contribution in [0.5, 0.6) is 0 Å². The number of carbonyl (C=O) groups is 1. The first kappa shape index (κ1) is 13.1. The van der Waals surface area contributed by atoms with Crippen molar-refractivity contribution in [3.05, 3.63) is 23.0 Å². The Hall–Kier alpha value is -1.33. The average Bonchev–Trinajstić information content (AvgIpc) is 2.85. The SMILES string of the molecule is Nc1cnc(Cl)c(C(=O)NCCC2CCCO2)c1. The molecule has 0 spiro atoms. The van der Waals surface area contributed by atoms with E-state index in [1.165, 1.54) is 12.3 Å². The van der Waals surface area contributed by atoms with E-state index in [0.29, 0.717) is 17.8 Å². The maximum atomic E-state index is 11.9. The molecule has 1 atom stereocenters. The number of amides is 1. The van der Waals surface area contributed by atoms with Crippen LogP contribution in [0.4, 0.5) is 5.69 Å². The van der Waals surface area contributed by atoms with Gasteiger partial charge in [0.15, 0.2) is 0 Å². The molecule has 2 heterocycles. The van der Waals surface area contributed by atoms with E-state index in [-0.39, 0.29) is 17.2 Å². The molecule has 0 aliphatic carbocycles. The molecule has 1 unspecified atom stereocenters. The number of halogens is 1. The van der Waals surface area contributed by atoms with Gasteiger partial charge in [-0.15, -0.1) is 0 Å². The molecule has 1 aromatic rings. The van der Waals surface area contributed by atoms with Crippen molar-refractivity contribution in [2.24, 2.45) is 0 Å². The van der Waals surface area contributed by atoms with Gasteiger partial charge in [-0.05, 0) is 25.3 Å². The molecule has 6 heteroatoms. The highest BCUT2D eigenvalue weighted by molar-refractivity contribution is 6.32. The topological polar surface area (TPSA) is 77.2 Å². The number of nitrogens with one attached hydrogen (secondary N) is 1. The Bertz CT molecular complexity index is 433. The number of nitrogens with zero attached hydrogens (tertiary/aromatic N) is 1. The van der Waals surface area contributed by atoms with Crippen LogP contribution in [0.25, 0.3) is 0 Å². The minimum absolute atomic E-state index is 0.166. The Morgan fingerprint density at radius 2 is 2.50 bits per heavy atom. The second kappa shape index (κ2) is 6.02. The molecule has 18 heavy (non-hydrogen) atoms. The molecule has 1 aliphatic rings. The van der Waals surface area contributed by atoms with E-state index >= 15 is 0 Å². The molecule has 98 valence electrons. The van der Waals surface area contributed by atoms with Gasteiger partial charge in [0.05, 0.1) is 23.6 Å². The van der Waals surface area contributed by atoms with Gasteiger partial charge < -0.3 is 15.8 Å². The van der Waals surface area contributed by atoms with E-state index in [1.54, 1.807) is 0 Å². The van der Waals surface area contributed by atoms with Crippen molar-refractivity contribution in [1.82, 2.24) is 10.3 Å². The first-order chi connectivity index (χ1) is 8.66. The maximum absolute atomic E-state index is 11.9. The van der Waals surface area contributed by atoms with Crippen LogP contribution in [0.1, 0.15) is 29.6 Å². The van der Waals surface area contributed by atoms with Gasteiger partial charge in [0, 0.05) is 13.2 Å². The lowest BCUT2D eigenvalue weighted by Crippen LogP contribution is -2.27. The van der Waals surface area contributed by atoms with Crippen molar-refractivity contribution < 1.29 is 9.53 Å². The summed E-state index contributed by atoms with van der Waals surface area (Å²) in [6.07, 6.45) is 4.67. The molecule has 0 aromatic carbocycles. The lowest BCUT2D eigenvalue weighted by molar-refractivity contribution is 0.0907. The van der Waals surface area contributed by atoms with Gasteiger partial charge in [-0.3, -0.25) is 4.79 Å². The van der Waals surface area contributed by atoms with Crippen molar-refractivity contribution in [2.75, 3.05) is 18.9 Å². The zero-order valence-corrected chi connectivity index (χ0v) is 10.7. The van der Waals surface area contributed by atoms with E-state index in [4.69, 9.17) is 22.1 Å². The lowest BCUT2D eigenvalue weighted by Gasteiger charge is -2.10. The third-order valence-electron chi connectivity index (χ3n) is 2.88. The third kappa shape index (κ3) is 3.34. The fourth-order valence-corrected chi connectivity index (χ4v) is 2.13. The van der Waals surface area contributed by atoms with Gasteiger partial charge >= 0.3 is 0 Å². The minimum Gasteiger partial charge on any atom is -0.397 e. The molecule has 1 saturated heterocycles. The van der Waals surface area contributed by atoms with Crippen molar-refractivity contribution in [3.63, 3.8) is 0 Å². The summed E-state index contributed by atoms with van der Waals surface area (Å²) in [5.41, 5.74) is 6.30. The molecule has 1 fully saturated rings. The van der Waals surface area contributed by atoms with Crippen molar-refractivity contribution in [3.8, 4) is 0 Å². The summed E-state index contributed by atoms with van der Waals surface area (Å²) >= 11 is 5.84. The average molecular weight is 270 g/mol. The summed E-state index contributed by atoms with van der Waals surface area (Å²) < 4.78 is 5.47. The minimum atomic E-state index is -0.252. The predicted octanol–water partition coefficient (Wildman–Crippen LogP) is 1.62. The van der Waals surface area contributed by atoms with Crippen molar-refractivity contribution in [1.29, 1.82) is 0 Å². The summed E-state index contributed by atoms with van der Waals surface area (Å²) in [4.78, 5) is 15.7. The summed E-state index contributed by atoms with van der Waals surface area (Å²) in [5.74, 6) is -0.252. The largest absolute Gasteiger partial charge is 0.397 e. The van der Waals surface area contributed by atoms with Crippen LogP contribution in [0, 0.1) is 0 Å². The van der Waals surface area contributed by atoms with Gasteiger partial charge in [0.25, 0.3) is 5.91 Å². The summed E-state index contributed by atoms with van der Waals surface area (Å²) in [5, 5.41) is 2.96. The van der Waals surface area contributed by atoms with Crippen LogP contribution < -0.4 is 11.1 Å². The van der Waals surface area contributed by atoms with E-state index in [1.807, 2.05) is 0 Å². The molecule has 0 radical (unpaired) electrons. The van der Waals surface area contributed by atoms with Crippen LogP contribution in [0.15, 0.2) is 12.3 Å². The molecule has 1 aromatic heterocycles. The van der Waals surface area contributed by atoms with Gasteiger partial charge in [-0.1, -0.05) is 11.6 Å². The number of ether oxygens (including phenoxy) is 1. The van der Waals surface area contributed by atoms with Crippen LogP contribution in [-0.4, -0.2) is 30.1 Å². The number of nitrogens with two attached hydrogens (primary N) is 1. The highest BCUT2D eigenvalue weighted by Crippen LogP contribution is 2.16. The van der Waals surface area contributed by atoms with E-state index in [9.17, 15) is 4.79 Å². The Labute approximate surface area is 111 Å². The Morgan fingerprint density at radius 3 is 3.22 bits per heavy atom. The lowest BCUT2D eigenvalue weighted by atomic mass is 10.2. The zero-order chi connectivity index (χ0) is 13.0. The fraction of sp³-hybridized carbons (Fsp3) is 0.500. The summed E-state index contributed by atoms with van der Waals surface area (Å²) in [7, 11) is 0. The highest BCUT2D eigenvalue weighted by atomic mass is 35.5. The first-order valence-electron chi connectivity index (χ1n) is 5.97. The van der Waals surface area contributed by atoms with E-state index in [0.717, 1.165) is 25.9 Å². The monoisotopic (exact) mass is 269 g/mol.